The van der Waals surface area contributed by atoms with E-state index in [0.717, 1.165) is 5.56 Å². The number of nitro benzene ring substituents is 1. The zero-order valence-corrected chi connectivity index (χ0v) is 10.3. The minimum atomic E-state index is -0.598. The van der Waals surface area contributed by atoms with E-state index in [1.165, 1.54) is 18.2 Å². The first-order valence-electron chi connectivity index (χ1n) is 5.27. The minimum Gasteiger partial charge on any atom is -0.348 e. The smallest absolute Gasteiger partial charge is 0.271 e. The molecule has 8 heteroatoms. The molecule has 1 amide bonds. The Hall–Kier alpha value is -2.41. The van der Waals surface area contributed by atoms with Crippen LogP contribution in [0, 0.1) is 10.1 Å². The van der Waals surface area contributed by atoms with E-state index in [1.807, 2.05) is 0 Å². The van der Waals surface area contributed by atoms with Crippen LogP contribution in [0.5, 0.6) is 0 Å². The van der Waals surface area contributed by atoms with Crippen molar-refractivity contribution in [3.05, 3.63) is 56.9 Å². The molecule has 0 atom stereocenters. The molecule has 1 aromatic carbocycles. The molecule has 0 fully saturated rings. The summed E-state index contributed by atoms with van der Waals surface area (Å²) < 4.78 is 0. The van der Waals surface area contributed by atoms with Gasteiger partial charge in [-0.15, -0.1) is 0 Å². The van der Waals surface area contributed by atoms with Crippen molar-refractivity contribution in [2.45, 2.75) is 6.54 Å². The molecule has 0 spiro atoms. The van der Waals surface area contributed by atoms with Crippen LogP contribution >= 0.6 is 11.6 Å². The maximum absolute atomic E-state index is 11.8. The zero-order valence-electron chi connectivity index (χ0n) is 9.59. The summed E-state index contributed by atoms with van der Waals surface area (Å²) in [5.74, 6) is -0.438. The number of aromatic nitrogens is 2. The van der Waals surface area contributed by atoms with Crippen molar-refractivity contribution in [1.82, 2.24) is 15.5 Å². The van der Waals surface area contributed by atoms with Gasteiger partial charge in [0.25, 0.3) is 11.6 Å². The Morgan fingerprint density at radius 1 is 1.47 bits per heavy atom. The number of aromatic amines is 1. The van der Waals surface area contributed by atoms with Crippen molar-refractivity contribution >= 4 is 23.2 Å². The van der Waals surface area contributed by atoms with Crippen LogP contribution in [0.3, 0.4) is 0 Å². The maximum Gasteiger partial charge on any atom is 0.271 e. The molecule has 2 aromatic rings. The Labute approximate surface area is 112 Å². The lowest BCUT2D eigenvalue weighted by Crippen LogP contribution is -2.22. The number of benzene rings is 1. The molecule has 1 aromatic heterocycles. The van der Waals surface area contributed by atoms with E-state index in [1.54, 1.807) is 12.4 Å². The summed E-state index contributed by atoms with van der Waals surface area (Å²) in [7, 11) is 0. The second-order valence-corrected chi connectivity index (χ2v) is 4.18. The van der Waals surface area contributed by atoms with Crippen molar-refractivity contribution in [1.29, 1.82) is 0 Å². The number of non-ortho nitro benzene ring substituents is 1. The summed E-state index contributed by atoms with van der Waals surface area (Å²) in [4.78, 5) is 21.9. The zero-order chi connectivity index (χ0) is 13.8. The standard InChI is InChI=1S/C11H9ClN4O3/c12-9-1-8(2-10(3-9)16(18)19)11(17)13-4-7-5-14-15-6-7/h1-3,5-6H,4H2,(H,13,17)(H,14,15). The molecule has 0 bridgehead atoms. The van der Waals surface area contributed by atoms with E-state index < -0.39 is 10.8 Å². The molecular weight excluding hydrogens is 272 g/mol. The fourth-order valence-electron chi connectivity index (χ4n) is 1.47. The third-order valence-electron chi connectivity index (χ3n) is 2.36. The molecule has 0 unspecified atom stereocenters. The number of hydrogen-bond acceptors (Lipinski definition) is 4. The third-order valence-corrected chi connectivity index (χ3v) is 2.58. The molecule has 0 aliphatic carbocycles. The fraction of sp³-hybridized carbons (Fsp3) is 0.0909. The molecule has 0 saturated heterocycles. The number of H-pyrrole nitrogens is 1. The van der Waals surface area contributed by atoms with E-state index >= 15 is 0 Å². The third kappa shape index (κ3) is 3.29. The van der Waals surface area contributed by atoms with Crippen LogP contribution < -0.4 is 5.32 Å². The first-order valence-corrected chi connectivity index (χ1v) is 5.65. The van der Waals surface area contributed by atoms with Gasteiger partial charge in [-0.3, -0.25) is 20.0 Å². The van der Waals surface area contributed by atoms with Gasteiger partial charge in [-0.25, -0.2) is 0 Å². The summed E-state index contributed by atoms with van der Waals surface area (Å²) in [6, 6.07) is 3.74. The van der Waals surface area contributed by atoms with E-state index in [0.29, 0.717) is 0 Å². The first-order chi connectivity index (χ1) is 9.06. The van der Waals surface area contributed by atoms with Crippen LogP contribution in [-0.2, 0) is 6.54 Å². The number of hydrogen-bond donors (Lipinski definition) is 2. The van der Waals surface area contributed by atoms with Gasteiger partial charge in [0.05, 0.1) is 11.1 Å². The molecule has 1 heterocycles. The Bertz CT molecular complexity index is 612. The van der Waals surface area contributed by atoms with E-state index in [9.17, 15) is 14.9 Å². The van der Waals surface area contributed by atoms with Gasteiger partial charge in [0, 0.05) is 41.0 Å². The molecule has 0 saturated carbocycles. The Balaban J connectivity index is 2.12. The minimum absolute atomic E-state index is 0.141. The predicted molar refractivity (Wildman–Crippen MR) is 67.9 cm³/mol. The monoisotopic (exact) mass is 280 g/mol. The largest absolute Gasteiger partial charge is 0.348 e. The quantitative estimate of drug-likeness (QED) is 0.659. The summed E-state index contributed by atoms with van der Waals surface area (Å²) in [6.45, 7) is 0.273. The van der Waals surface area contributed by atoms with Crippen molar-refractivity contribution < 1.29 is 9.72 Å². The van der Waals surface area contributed by atoms with Crippen LogP contribution in [0.15, 0.2) is 30.6 Å². The number of nitro groups is 1. The van der Waals surface area contributed by atoms with Gasteiger partial charge in [0.15, 0.2) is 0 Å². The first kappa shape index (κ1) is 13.0. The molecule has 0 aliphatic rings. The normalized spacial score (nSPS) is 10.2. The second kappa shape index (κ2) is 5.49. The average Bonchev–Trinajstić information content (AvgIpc) is 2.88. The lowest BCUT2D eigenvalue weighted by atomic mass is 10.2. The van der Waals surface area contributed by atoms with Gasteiger partial charge in [-0.1, -0.05) is 11.6 Å². The molecule has 7 nitrogen and oxygen atoms in total. The highest BCUT2D eigenvalue weighted by atomic mass is 35.5. The fourth-order valence-corrected chi connectivity index (χ4v) is 1.70. The van der Waals surface area contributed by atoms with Crippen LogP contribution in [0.1, 0.15) is 15.9 Å². The summed E-state index contributed by atoms with van der Waals surface area (Å²) in [5, 5.41) is 19.8. The SMILES string of the molecule is O=C(NCc1cn[nH]c1)c1cc(Cl)cc([N+](=O)[O-])c1. The second-order valence-electron chi connectivity index (χ2n) is 3.74. The number of carbonyl (C=O) groups excluding carboxylic acids is 1. The van der Waals surface area contributed by atoms with Gasteiger partial charge in [-0.2, -0.15) is 5.10 Å². The van der Waals surface area contributed by atoms with E-state index in [-0.39, 0.29) is 22.8 Å². The molecule has 19 heavy (non-hydrogen) atoms. The molecule has 2 rings (SSSR count). The molecule has 98 valence electrons. The number of amides is 1. The average molecular weight is 281 g/mol. The van der Waals surface area contributed by atoms with E-state index in [2.05, 4.69) is 15.5 Å². The number of carbonyl (C=O) groups is 1. The Morgan fingerprint density at radius 2 is 2.26 bits per heavy atom. The number of nitrogens with zero attached hydrogens (tertiary/aromatic N) is 2. The number of nitrogens with one attached hydrogen (secondary N) is 2. The van der Waals surface area contributed by atoms with Crippen LogP contribution in [0.4, 0.5) is 5.69 Å². The predicted octanol–water partition coefficient (Wildman–Crippen LogP) is 1.90. The van der Waals surface area contributed by atoms with Crippen molar-refractivity contribution in [3.8, 4) is 0 Å². The maximum atomic E-state index is 11.8. The Morgan fingerprint density at radius 3 is 2.89 bits per heavy atom. The highest BCUT2D eigenvalue weighted by Gasteiger charge is 2.13. The highest BCUT2D eigenvalue weighted by Crippen LogP contribution is 2.20. The van der Waals surface area contributed by atoms with Crippen molar-refractivity contribution in [2.24, 2.45) is 0 Å². The summed E-state index contributed by atoms with van der Waals surface area (Å²) in [6.07, 6.45) is 3.21. The number of rotatable bonds is 4. The van der Waals surface area contributed by atoms with Gasteiger partial charge >= 0.3 is 0 Å². The Kier molecular flexibility index (Phi) is 3.76. The van der Waals surface area contributed by atoms with Crippen LogP contribution in [-0.4, -0.2) is 21.0 Å². The molecule has 2 N–H and O–H groups in total. The van der Waals surface area contributed by atoms with Gasteiger partial charge in [0.2, 0.25) is 0 Å². The van der Waals surface area contributed by atoms with Gasteiger partial charge in [0.1, 0.15) is 0 Å². The highest BCUT2D eigenvalue weighted by molar-refractivity contribution is 6.31. The van der Waals surface area contributed by atoms with Crippen molar-refractivity contribution in [3.63, 3.8) is 0 Å². The lowest BCUT2D eigenvalue weighted by Gasteiger charge is -2.04. The lowest BCUT2D eigenvalue weighted by molar-refractivity contribution is -0.384. The van der Waals surface area contributed by atoms with Crippen LogP contribution in [0.25, 0.3) is 0 Å². The summed E-state index contributed by atoms with van der Waals surface area (Å²) in [5.41, 5.74) is 0.716. The topological polar surface area (TPSA) is 101 Å². The van der Waals surface area contributed by atoms with Gasteiger partial charge in [-0.05, 0) is 6.07 Å². The van der Waals surface area contributed by atoms with E-state index in [4.69, 9.17) is 11.6 Å². The van der Waals surface area contributed by atoms with Gasteiger partial charge < -0.3 is 5.32 Å². The summed E-state index contributed by atoms with van der Waals surface area (Å²) >= 11 is 5.74. The van der Waals surface area contributed by atoms with Crippen LogP contribution in [0.2, 0.25) is 5.02 Å². The molecule has 0 radical (unpaired) electrons. The molecule has 0 aliphatic heterocycles. The van der Waals surface area contributed by atoms with Crippen molar-refractivity contribution in [2.75, 3.05) is 0 Å². The number of halogens is 1. The molecular formula is C11H9ClN4O3.